The van der Waals surface area contributed by atoms with Crippen molar-refractivity contribution in [1.29, 1.82) is 0 Å². The summed E-state index contributed by atoms with van der Waals surface area (Å²) in [6.45, 7) is 3.08. The number of nitrogens with one attached hydrogen (secondary N) is 2. The molecule has 8 heteroatoms. The Hall–Kier alpha value is -1.83. The summed E-state index contributed by atoms with van der Waals surface area (Å²) < 4.78 is 37.5. The van der Waals surface area contributed by atoms with E-state index in [0.717, 1.165) is 12.2 Å². The molecule has 0 saturated carbocycles. The first-order valence-corrected chi connectivity index (χ1v) is 6.16. The van der Waals surface area contributed by atoms with Crippen LogP contribution in [0.1, 0.15) is 21.7 Å². The zero-order valence-corrected chi connectivity index (χ0v) is 10.8. The molecule has 2 rings (SSSR count). The number of H-pyrrole nitrogens is 1. The summed E-state index contributed by atoms with van der Waals surface area (Å²) in [5.41, 5.74) is 1.51. The third-order valence-electron chi connectivity index (χ3n) is 3.02. The summed E-state index contributed by atoms with van der Waals surface area (Å²) >= 11 is 0. The topological polar surface area (TPSA) is 61.0 Å². The molecule has 2 N–H and O–H groups in total. The van der Waals surface area contributed by atoms with Crippen molar-refractivity contribution < 1.29 is 18.0 Å². The van der Waals surface area contributed by atoms with Crippen LogP contribution >= 0.6 is 0 Å². The van der Waals surface area contributed by atoms with Crippen molar-refractivity contribution in [3.8, 4) is 0 Å². The maximum absolute atomic E-state index is 12.5. The summed E-state index contributed by atoms with van der Waals surface area (Å²) in [6.07, 6.45) is -2.51. The molecule has 1 aliphatic rings. The van der Waals surface area contributed by atoms with Gasteiger partial charge in [0.25, 0.3) is 5.91 Å². The Morgan fingerprint density at radius 2 is 2.25 bits per heavy atom. The molecule has 1 aliphatic heterocycles. The Balaban J connectivity index is 2.23. The Labute approximate surface area is 113 Å². The van der Waals surface area contributed by atoms with E-state index in [9.17, 15) is 18.0 Å². The minimum absolute atomic E-state index is 0.0540. The number of amides is 1. The van der Waals surface area contributed by atoms with Crippen molar-refractivity contribution in [2.24, 2.45) is 0 Å². The third-order valence-corrected chi connectivity index (χ3v) is 3.02. The van der Waals surface area contributed by atoms with E-state index in [-0.39, 0.29) is 12.2 Å². The van der Waals surface area contributed by atoms with Crippen molar-refractivity contribution in [3.63, 3.8) is 0 Å². The van der Waals surface area contributed by atoms with E-state index < -0.39 is 18.6 Å². The Kier molecular flexibility index (Phi) is 4.12. The number of aromatic amines is 1. The quantitative estimate of drug-likeness (QED) is 0.820. The van der Waals surface area contributed by atoms with Crippen LogP contribution in [0.4, 0.5) is 13.2 Å². The predicted octanol–water partition coefficient (Wildman–Crippen LogP) is 1.25. The number of nitrogens with zero attached hydrogens (tertiary/aromatic N) is 2. The highest BCUT2D eigenvalue weighted by atomic mass is 19.4. The van der Waals surface area contributed by atoms with Crippen LogP contribution in [0, 0.1) is 0 Å². The fourth-order valence-electron chi connectivity index (χ4n) is 2.14. The molecule has 1 aromatic rings. The van der Waals surface area contributed by atoms with Crippen LogP contribution in [0.2, 0.25) is 0 Å². The van der Waals surface area contributed by atoms with Gasteiger partial charge in [0.2, 0.25) is 0 Å². The Bertz CT molecular complexity index is 509. The van der Waals surface area contributed by atoms with Gasteiger partial charge in [-0.15, -0.1) is 6.58 Å². The van der Waals surface area contributed by atoms with Crippen LogP contribution in [-0.4, -0.2) is 46.8 Å². The minimum atomic E-state index is -4.45. The van der Waals surface area contributed by atoms with E-state index in [1.165, 1.54) is 6.08 Å². The highest BCUT2D eigenvalue weighted by molar-refractivity contribution is 5.94. The lowest BCUT2D eigenvalue weighted by Crippen LogP contribution is -2.40. The zero-order valence-electron chi connectivity index (χ0n) is 10.8. The third kappa shape index (κ3) is 3.19. The molecule has 0 atom stereocenters. The second-order valence-corrected chi connectivity index (χ2v) is 4.55. The number of hydrogen-bond acceptors (Lipinski definition) is 3. The normalized spacial score (nSPS) is 14.8. The number of fused-ring (bicyclic) bond motifs is 1. The average Bonchev–Trinajstić information content (AvgIpc) is 2.79. The van der Waals surface area contributed by atoms with E-state index in [4.69, 9.17) is 0 Å². The molecule has 0 unspecified atom stereocenters. The molecule has 0 aromatic carbocycles. The fourth-order valence-corrected chi connectivity index (χ4v) is 2.14. The number of carbonyl (C=O) groups excluding carboxylic acids is 1. The summed E-state index contributed by atoms with van der Waals surface area (Å²) in [6, 6.07) is 0. The monoisotopic (exact) mass is 288 g/mol. The summed E-state index contributed by atoms with van der Waals surface area (Å²) in [5, 5.41) is 9.66. The van der Waals surface area contributed by atoms with Crippen LogP contribution in [-0.2, 0) is 13.0 Å². The lowest BCUT2D eigenvalue weighted by Gasteiger charge is -2.22. The van der Waals surface area contributed by atoms with Gasteiger partial charge in [0.05, 0.1) is 0 Å². The molecule has 0 bridgehead atoms. The molecule has 20 heavy (non-hydrogen) atoms. The molecule has 5 nitrogen and oxygen atoms in total. The van der Waals surface area contributed by atoms with E-state index in [0.29, 0.717) is 23.4 Å². The molecule has 1 amide bonds. The number of hydrogen-bond donors (Lipinski definition) is 2. The van der Waals surface area contributed by atoms with Gasteiger partial charge in [-0.1, -0.05) is 6.08 Å². The number of aromatic nitrogens is 2. The zero-order chi connectivity index (χ0) is 14.8. The first-order valence-electron chi connectivity index (χ1n) is 6.16. The standard InChI is InChI=1S/C12H15F3N4O/c1-2-5-19(7-12(13,14)15)11(20)10-8-6-16-4-3-9(8)17-18-10/h2,16H,1,3-7H2,(H,17,18). The van der Waals surface area contributed by atoms with Crippen molar-refractivity contribution in [2.45, 2.75) is 19.1 Å². The van der Waals surface area contributed by atoms with Gasteiger partial charge in [0.1, 0.15) is 6.54 Å². The van der Waals surface area contributed by atoms with Gasteiger partial charge in [0.15, 0.2) is 5.69 Å². The molecule has 0 aliphatic carbocycles. The lowest BCUT2D eigenvalue weighted by atomic mass is 10.1. The van der Waals surface area contributed by atoms with Gasteiger partial charge >= 0.3 is 6.18 Å². The molecule has 0 spiro atoms. The second-order valence-electron chi connectivity index (χ2n) is 4.55. The van der Waals surface area contributed by atoms with Crippen LogP contribution in [0.25, 0.3) is 0 Å². The first kappa shape index (κ1) is 14.6. The maximum Gasteiger partial charge on any atom is 0.406 e. The largest absolute Gasteiger partial charge is 0.406 e. The van der Waals surface area contributed by atoms with Gasteiger partial charge in [0, 0.05) is 37.3 Å². The number of rotatable bonds is 4. The number of carbonyl (C=O) groups is 1. The van der Waals surface area contributed by atoms with Crippen molar-refractivity contribution in [3.05, 3.63) is 29.6 Å². The molecule has 1 aromatic heterocycles. The highest BCUT2D eigenvalue weighted by Gasteiger charge is 2.34. The molecular weight excluding hydrogens is 273 g/mol. The maximum atomic E-state index is 12.5. The SMILES string of the molecule is C=CCN(CC(F)(F)F)C(=O)c1n[nH]c2c1CNCC2. The summed E-state index contributed by atoms with van der Waals surface area (Å²) in [7, 11) is 0. The summed E-state index contributed by atoms with van der Waals surface area (Å²) in [4.78, 5) is 12.9. The van der Waals surface area contributed by atoms with Crippen LogP contribution in [0.15, 0.2) is 12.7 Å². The van der Waals surface area contributed by atoms with Gasteiger partial charge in [-0.25, -0.2) is 0 Å². The van der Waals surface area contributed by atoms with Crippen molar-refractivity contribution >= 4 is 5.91 Å². The van der Waals surface area contributed by atoms with Gasteiger partial charge in [-0.05, 0) is 0 Å². The van der Waals surface area contributed by atoms with Crippen molar-refractivity contribution in [2.75, 3.05) is 19.6 Å². The Morgan fingerprint density at radius 3 is 2.90 bits per heavy atom. The van der Waals surface area contributed by atoms with E-state index in [1.807, 2.05) is 0 Å². The smallest absolute Gasteiger partial charge is 0.324 e. The molecular formula is C12H15F3N4O. The van der Waals surface area contributed by atoms with Gasteiger partial charge in [-0.3, -0.25) is 9.89 Å². The minimum Gasteiger partial charge on any atom is -0.324 e. The highest BCUT2D eigenvalue weighted by Crippen LogP contribution is 2.21. The second kappa shape index (κ2) is 5.66. The molecule has 0 radical (unpaired) electrons. The van der Waals surface area contributed by atoms with Gasteiger partial charge in [-0.2, -0.15) is 18.3 Å². The van der Waals surface area contributed by atoms with Crippen LogP contribution < -0.4 is 5.32 Å². The van der Waals surface area contributed by atoms with E-state index >= 15 is 0 Å². The first-order chi connectivity index (χ1) is 9.42. The molecule has 110 valence electrons. The predicted molar refractivity (Wildman–Crippen MR) is 66.2 cm³/mol. The Morgan fingerprint density at radius 1 is 1.50 bits per heavy atom. The van der Waals surface area contributed by atoms with Gasteiger partial charge < -0.3 is 10.2 Å². The number of alkyl halides is 3. The summed E-state index contributed by atoms with van der Waals surface area (Å²) in [5.74, 6) is -0.733. The van der Waals surface area contributed by atoms with Crippen LogP contribution in [0.3, 0.4) is 0 Å². The molecule has 0 fully saturated rings. The van der Waals surface area contributed by atoms with E-state index in [1.54, 1.807) is 0 Å². The van der Waals surface area contributed by atoms with Crippen molar-refractivity contribution in [1.82, 2.24) is 20.4 Å². The molecule has 0 saturated heterocycles. The molecule has 2 heterocycles. The lowest BCUT2D eigenvalue weighted by molar-refractivity contribution is -0.139. The number of halogens is 3. The van der Waals surface area contributed by atoms with Crippen LogP contribution in [0.5, 0.6) is 0 Å². The fraction of sp³-hybridized carbons (Fsp3) is 0.500. The van der Waals surface area contributed by atoms with E-state index in [2.05, 4.69) is 22.1 Å². The average molecular weight is 288 g/mol.